The van der Waals surface area contributed by atoms with Gasteiger partial charge in [0.15, 0.2) is 0 Å². The first kappa shape index (κ1) is 22.1. The molecule has 1 heterocycles. The highest BCUT2D eigenvalue weighted by Crippen LogP contribution is 2.20. The number of halogens is 1. The molecule has 2 rings (SSSR count). The summed E-state index contributed by atoms with van der Waals surface area (Å²) in [7, 11) is 0. The van der Waals surface area contributed by atoms with Crippen molar-refractivity contribution in [2.45, 2.75) is 60.0 Å². The first-order valence-electron chi connectivity index (χ1n) is 9.86. The normalized spacial score (nSPS) is 12.2. The van der Waals surface area contributed by atoms with E-state index >= 15 is 0 Å². The molecule has 0 bridgehead atoms. The number of carbonyl (C=O) groups is 1. The number of rotatable bonds is 10. The van der Waals surface area contributed by atoms with Gasteiger partial charge in [-0.25, -0.2) is 9.87 Å². The van der Waals surface area contributed by atoms with Crippen LogP contribution in [0.4, 0.5) is 4.39 Å². The van der Waals surface area contributed by atoms with Crippen molar-refractivity contribution in [3.8, 4) is 0 Å². The van der Waals surface area contributed by atoms with E-state index in [1.54, 1.807) is 31.5 Å². The van der Waals surface area contributed by atoms with Crippen LogP contribution in [0.15, 0.2) is 24.3 Å². The van der Waals surface area contributed by atoms with Crippen molar-refractivity contribution < 1.29 is 14.4 Å². The highest BCUT2D eigenvalue weighted by atomic mass is 19.1. The first-order chi connectivity index (χ1) is 13.3. The van der Waals surface area contributed by atoms with Gasteiger partial charge >= 0.3 is 0 Å². The Morgan fingerprint density at radius 1 is 1.11 bits per heavy atom. The monoisotopic (exact) mass is 389 g/mol. The number of aromatic nitrogens is 1. The standard InChI is InChI=1S/C22H32FN3O2/c1-15-11-19(12-16(2)21(15)23)13-20(22(27)25-28)7-5-6-10-24-14-26-17(3)8-9-18(26)4/h8-9,11-12,20,24,28H,5-7,10,13-14H2,1-4H3,(H,25,27)/t20-/m0/s1. The van der Waals surface area contributed by atoms with Crippen molar-refractivity contribution >= 4 is 5.91 Å². The van der Waals surface area contributed by atoms with Crippen LogP contribution in [-0.4, -0.2) is 22.2 Å². The quantitative estimate of drug-likeness (QED) is 0.328. The molecule has 0 spiro atoms. The summed E-state index contributed by atoms with van der Waals surface area (Å²) in [5.41, 5.74) is 6.32. The van der Waals surface area contributed by atoms with Gasteiger partial charge in [-0.3, -0.25) is 15.3 Å². The Bertz CT molecular complexity index is 759. The third kappa shape index (κ3) is 5.91. The van der Waals surface area contributed by atoms with Crippen molar-refractivity contribution in [2.24, 2.45) is 5.92 Å². The highest BCUT2D eigenvalue weighted by molar-refractivity contribution is 5.77. The molecular weight excluding hydrogens is 357 g/mol. The van der Waals surface area contributed by atoms with Crippen molar-refractivity contribution in [1.29, 1.82) is 0 Å². The van der Waals surface area contributed by atoms with Gasteiger partial charge in [0.05, 0.1) is 6.67 Å². The Hall–Kier alpha value is -2.18. The molecule has 0 fully saturated rings. The smallest absolute Gasteiger partial charge is 0.246 e. The molecule has 0 aliphatic rings. The SMILES string of the molecule is Cc1cc(C[C@H](CCCCNCn2c(C)ccc2C)C(=O)NO)cc(C)c1F. The van der Waals surface area contributed by atoms with Crippen LogP contribution in [0.5, 0.6) is 0 Å². The Morgan fingerprint density at radius 2 is 1.71 bits per heavy atom. The van der Waals surface area contributed by atoms with Gasteiger partial charge in [-0.05, 0) is 82.3 Å². The number of unbranched alkanes of at least 4 members (excludes halogenated alkanes) is 1. The van der Waals surface area contributed by atoms with Crippen molar-refractivity contribution in [3.05, 3.63) is 58.2 Å². The molecule has 0 saturated heterocycles. The fourth-order valence-electron chi connectivity index (χ4n) is 3.64. The summed E-state index contributed by atoms with van der Waals surface area (Å²) in [5.74, 6) is -0.916. The molecule has 154 valence electrons. The molecule has 0 aliphatic heterocycles. The molecule has 1 aromatic heterocycles. The second kappa shape index (κ2) is 10.4. The molecule has 2 aromatic rings. The number of hydrogen-bond acceptors (Lipinski definition) is 3. The lowest BCUT2D eigenvalue weighted by Gasteiger charge is -2.16. The van der Waals surface area contributed by atoms with E-state index in [9.17, 15) is 9.18 Å². The molecule has 3 N–H and O–H groups in total. The number of aryl methyl sites for hydroxylation is 4. The molecule has 0 unspecified atom stereocenters. The van der Waals surface area contributed by atoms with Gasteiger partial charge in [-0.1, -0.05) is 18.6 Å². The van der Waals surface area contributed by atoms with E-state index in [2.05, 4.69) is 35.9 Å². The van der Waals surface area contributed by atoms with Gasteiger partial charge < -0.3 is 4.57 Å². The summed E-state index contributed by atoms with van der Waals surface area (Å²) in [5, 5.41) is 12.5. The van der Waals surface area contributed by atoms with E-state index in [0.717, 1.165) is 31.6 Å². The fourth-order valence-corrected chi connectivity index (χ4v) is 3.64. The van der Waals surface area contributed by atoms with Gasteiger partial charge in [-0.15, -0.1) is 0 Å². The minimum absolute atomic E-state index is 0.203. The number of carbonyl (C=O) groups excluding carboxylic acids is 1. The summed E-state index contributed by atoms with van der Waals surface area (Å²) in [6.45, 7) is 9.27. The minimum atomic E-state index is -0.383. The average Bonchev–Trinajstić information content (AvgIpc) is 2.98. The van der Waals surface area contributed by atoms with Crippen LogP contribution in [0.2, 0.25) is 0 Å². The van der Waals surface area contributed by atoms with Crippen LogP contribution in [-0.2, 0) is 17.9 Å². The van der Waals surface area contributed by atoms with Crippen LogP contribution in [0.25, 0.3) is 0 Å². The van der Waals surface area contributed by atoms with Crippen molar-refractivity contribution in [2.75, 3.05) is 6.54 Å². The number of amides is 1. The Morgan fingerprint density at radius 3 is 2.29 bits per heavy atom. The maximum atomic E-state index is 13.8. The van der Waals surface area contributed by atoms with Gasteiger partial charge in [-0.2, -0.15) is 0 Å². The Labute approximate surface area is 166 Å². The zero-order valence-electron chi connectivity index (χ0n) is 17.3. The van der Waals surface area contributed by atoms with Gasteiger partial charge in [0.1, 0.15) is 5.82 Å². The number of benzene rings is 1. The molecule has 1 atom stereocenters. The zero-order chi connectivity index (χ0) is 20.7. The molecule has 6 heteroatoms. The molecule has 0 saturated carbocycles. The van der Waals surface area contributed by atoms with E-state index < -0.39 is 0 Å². The van der Waals surface area contributed by atoms with Crippen LogP contribution < -0.4 is 10.8 Å². The number of nitrogens with one attached hydrogen (secondary N) is 2. The second-order valence-electron chi connectivity index (χ2n) is 7.62. The van der Waals surface area contributed by atoms with E-state index in [1.165, 1.54) is 11.4 Å². The first-order valence-corrected chi connectivity index (χ1v) is 9.86. The van der Waals surface area contributed by atoms with E-state index in [4.69, 9.17) is 5.21 Å². The Kier molecular flexibility index (Phi) is 8.20. The third-order valence-corrected chi connectivity index (χ3v) is 5.30. The molecule has 28 heavy (non-hydrogen) atoms. The lowest BCUT2D eigenvalue weighted by atomic mass is 9.92. The van der Waals surface area contributed by atoms with Crippen LogP contribution >= 0.6 is 0 Å². The molecule has 1 aromatic carbocycles. The minimum Gasteiger partial charge on any atom is -0.336 e. The lowest BCUT2D eigenvalue weighted by molar-refractivity contribution is -0.133. The second-order valence-corrected chi connectivity index (χ2v) is 7.62. The van der Waals surface area contributed by atoms with Gasteiger partial charge in [0.2, 0.25) is 5.91 Å². The fraction of sp³-hybridized carbons (Fsp3) is 0.500. The molecular formula is C22H32FN3O2. The number of hydrogen-bond donors (Lipinski definition) is 3. The van der Waals surface area contributed by atoms with Crippen molar-refractivity contribution in [3.63, 3.8) is 0 Å². The highest BCUT2D eigenvalue weighted by Gasteiger charge is 2.19. The molecule has 0 radical (unpaired) electrons. The predicted molar refractivity (Wildman–Crippen MR) is 109 cm³/mol. The summed E-state index contributed by atoms with van der Waals surface area (Å²) in [4.78, 5) is 12.0. The van der Waals surface area contributed by atoms with Gasteiger partial charge in [0.25, 0.3) is 0 Å². The topological polar surface area (TPSA) is 66.3 Å². The summed E-state index contributed by atoms with van der Waals surface area (Å²) < 4.78 is 16.0. The lowest BCUT2D eigenvalue weighted by Crippen LogP contribution is -2.29. The summed E-state index contributed by atoms with van der Waals surface area (Å²) in [6.07, 6.45) is 2.97. The predicted octanol–water partition coefficient (Wildman–Crippen LogP) is 3.94. The van der Waals surface area contributed by atoms with Crippen molar-refractivity contribution in [1.82, 2.24) is 15.4 Å². The molecule has 5 nitrogen and oxygen atoms in total. The Balaban J connectivity index is 1.81. The largest absolute Gasteiger partial charge is 0.336 e. The molecule has 1 amide bonds. The molecule has 0 aliphatic carbocycles. The number of nitrogens with zero attached hydrogens (tertiary/aromatic N) is 1. The van der Waals surface area contributed by atoms with Crippen LogP contribution in [0.3, 0.4) is 0 Å². The zero-order valence-corrected chi connectivity index (χ0v) is 17.3. The average molecular weight is 390 g/mol. The summed E-state index contributed by atoms with van der Waals surface area (Å²) in [6, 6.07) is 7.77. The van der Waals surface area contributed by atoms with E-state index in [1.807, 2.05) is 0 Å². The third-order valence-electron chi connectivity index (χ3n) is 5.30. The summed E-state index contributed by atoms with van der Waals surface area (Å²) >= 11 is 0. The maximum Gasteiger partial charge on any atom is 0.246 e. The maximum absolute atomic E-state index is 13.8. The van der Waals surface area contributed by atoms with E-state index in [-0.39, 0.29) is 17.6 Å². The van der Waals surface area contributed by atoms with Crippen LogP contribution in [0, 0.1) is 39.4 Å². The number of hydroxylamine groups is 1. The van der Waals surface area contributed by atoms with Crippen LogP contribution in [0.1, 0.15) is 47.3 Å². The van der Waals surface area contributed by atoms with E-state index in [0.29, 0.717) is 24.0 Å². The van der Waals surface area contributed by atoms with Gasteiger partial charge in [0, 0.05) is 17.3 Å².